The topological polar surface area (TPSA) is 91.7 Å². The van der Waals surface area contributed by atoms with Crippen LogP contribution in [0.1, 0.15) is 37.8 Å². The third-order valence-corrected chi connectivity index (χ3v) is 5.35. The van der Waals surface area contributed by atoms with Gasteiger partial charge in [-0.2, -0.15) is 0 Å². The molecular formula is C19H20BrN3O4. The third-order valence-electron chi connectivity index (χ3n) is 4.39. The van der Waals surface area contributed by atoms with Crippen molar-refractivity contribution >= 4 is 33.7 Å². The van der Waals surface area contributed by atoms with Crippen LogP contribution in [0.3, 0.4) is 0 Å². The Hall–Kier alpha value is -2.61. The fourth-order valence-electron chi connectivity index (χ4n) is 2.95. The van der Waals surface area contributed by atoms with Crippen LogP contribution >= 0.6 is 15.9 Å². The molecule has 2 N–H and O–H groups in total. The highest BCUT2D eigenvalue weighted by molar-refractivity contribution is 9.10. The summed E-state index contributed by atoms with van der Waals surface area (Å²) in [7, 11) is 0. The van der Waals surface area contributed by atoms with E-state index >= 15 is 0 Å². The fourth-order valence-corrected chi connectivity index (χ4v) is 3.49. The van der Waals surface area contributed by atoms with Crippen LogP contribution in [0.5, 0.6) is 0 Å². The van der Waals surface area contributed by atoms with Crippen molar-refractivity contribution in [3.63, 3.8) is 0 Å². The summed E-state index contributed by atoms with van der Waals surface area (Å²) in [5.74, 6) is 0.671. The van der Waals surface area contributed by atoms with Crippen LogP contribution in [0.25, 0.3) is 0 Å². The lowest BCUT2D eigenvalue weighted by atomic mass is 10.1. The lowest BCUT2D eigenvalue weighted by Crippen LogP contribution is -2.49. The van der Waals surface area contributed by atoms with Crippen LogP contribution < -0.4 is 10.6 Å². The highest BCUT2D eigenvalue weighted by atomic mass is 79.9. The Morgan fingerprint density at radius 3 is 2.52 bits per heavy atom. The molecule has 2 aromatic rings. The lowest BCUT2D eigenvalue weighted by Gasteiger charge is -2.26. The summed E-state index contributed by atoms with van der Waals surface area (Å²) >= 11 is 3.37. The van der Waals surface area contributed by atoms with Crippen LogP contribution in [0.2, 0.25) is 0 Å². The number of furan rings is 1. The number of benzene rings is 1. The molecule has 3 amide bonds. The van der Waals surface area contributed by atoms with E-state index in [0.717, 1.165) is 5.56 Å². The van der Waals surface area contributed by atoms with Gasteiger partial charge < -0.3 is 20.0 Å². The molecule has 1 aromatic heterocycles. The zero-order valence-corrected chi connectivity index (χ0v) is 16.7. The second-order valence-electron chi connectivity index (χ2n) is 6.36. The van der Waals surface area contributed by atoms with Crippen LogP contribution in [0.4, 0.5) is 0 Å². The van der Waals surface area contributed by atoms with E-state index in [4.69, 9.17) is 4.42 Å². The van der Waals surface area contributed by atoms with Gasteiger partial charge in [0.15, 0.2) is 0 Å². The molecule has 0 bridgehead atoms. The van der Waals surface area contributed by atoms with Crippen molar-refractivity contribution < 1.29 is 18.8 Å². The average Bonchev–Trinajstić information content (AvgIpc) is 2.91. The van der Waals surface area contributed by atoms with Crippen molar-refractivity contribution in [1.82, 2.24) is 15.5 Å². The quantitative estimate of drug-likeness (QED) is 0.772. The molecule has 0 radical (unpaired) electrons. The van der Waals surface area contributed by atoms with Gasteiger partial charge in [0.05, 0.1) is 16.6 Å². The van der Waals surface area contributed by atoms with E-state index in [2.05, 4.69) is 26.6 Å². The number of carbonyl (C=O) groups excluding carboxylic acids is 3. The molecule has 1 aromatic carbocycles. The van der Waals surface area contributed by atoms with E-state index in [-0.39, 0.29) is 24.3 Å². The van der Waals surface area contributed by atoms with E-state index < -0.39 is 0 Å². The summed E-state index contributed by atoms with van der Waals surface area (Å²) in [4.78, 5) is 37.8. The first-order chi connectivity index (χ1) is 12.9. The van der Waals surface area contributed by atoms with Crippen LogP contribution in [0.15, 0.2) is 33.2 Å². The largest absolute Gasteiger partial charge is 0.465 e. The number of aryl methyl sites for hydroxylation is 2. The Balaban J connectivity index is 1.61. The Labute approximate surface area is 165 Å². The van der Waals surface area contributed by atoms with Crippen LogP contribution in [-0.2, 0) is 11.3 Å². The van der Waals surface area contributed by atoms with Gasteiger partial charge in [0, 0.05) is 25.2 Å². The first-order valence-corrected chi connectivity index (χ1v) is 9.34. The zero-order chi connectivity index (χ0) is 19.6. The van der Waals surface area contributed by atoms with Crippen molar-refractivity contribution in [3.8, 4) is 0 Å². The molecule has 2 heterocycles. The Bertz CT molecular complexity index is 889. The summed E-state index contributed by atoms with van der Waals surface area (Å²) in [6, 6.07) is 7.00. The van der Waals surface area contributed by atoms with E-state index in [0.29, 0.717) is 46.8 Å². The second-order valence-corrected chi connectivity index (χ2v) is 7.15. The van der Waals surface area contributed by atoms with E-state index in [9.17, 15) is 14.4 Å². The molecule has 0 saturated carbocycles. The number of nitrogens with one attached hydrogen (secondary N) is 2. The molecule has 0 atom stereocenters. The summed E-state index contributed by atoms with van der Waals surface area (Å²) in [6.45, 7) is 4.91. The molecule has 8 heteroatoms. The number of hydrogen-bond donors (Lipinski definition) is 2. The van der Waals surface area contributed by atoms with Gasteiger partial charge in [-0.3, -0.25) is 14.4 Å². The molecule has 0 unspecified atom stereocenters. The molecule has 3 rings (SSSR count). The maximum Gasteiger partial charge on any atom is 0.256 e. The smallest absolute Gasteiger partial charge is 0.256 e. The molecule has 7 nitrogen and oxygen atoms in total. The molecule has 1 aliphatic rings. The minimum absolute atomic E-state index is 0.0784. The normalized spacial score (nSPS) is 14.0. The van der Waals surface area contributed by atoms with E-state index in [1.54, 1.807) is 38.1 Å². The molecule has 0 spiro atoms. The van der Waals surface area contributed by atoms with Crippen molar-refractivity contribution in [2.45, 2.75) is 20.4 Å². The Morgan fingerprint density at radius 2 is 1.93 bits per heavy atom. The minimum Gasteiger partial charge on any atom is -0.465 e. The van der Waals surface area contributed by atoms with Crippen LogP contribution in [0, 0.1) is 13.8 Å². The fraction of sp³-hybridized carbons (Fsp3) is 0.316. The summed E-state index contributed by atoms with van der Waals surface area (Å²) in [6.07, 6.45) is 0. The van der Waals surface area contributed by atoms with Gasteiger partial charge in [-0.15, -0.1) is 0 Å². The van der Waals surface area contributed by atoms with Crippen molar-refractivity contribution in [1.29, 1.82) is 0 Å². The Morgan fingerprint density at radius 1 is 1.22 bits per heavy atom. The van der Waals surface area contributed by atoms with Gasteiger partial charge in [0.1, 0.15) is 11.5 Å². The molecular weight excluding hydrogens is 414 g/mol. The molecule has 1 aliphatic heterocycles. The summed E-state index contributed by atoms with van der Waals surface area (Å²) in [5.41, 5.74) is 1.87. The van der Waals surface area contributed by atoms with E-state index in [1.165, 1.54) is 4.90 Å². The van der Waals surface area contributed by atoms with E-state index in [1.807, 2.05) is 0 Å². The molecule has 142 valence electrons. The predicted octanol–water partition coefficient (Wildman–Crippen LogP) is 2.16. The molecule has 1 saturated heterocycles. The van der Waals surface area contributed by atoms with Gasteiger partial charge in [-0.25, -0.2) is 0 Å². The van der Waals surface area contributed by atoms with Gasteiger partial charge >= 0.3 is 0 Å². The third kappa shape index (κ3) is 4.21. The van der Waals surface area contributed by atoms with Gasteiger partial charge in [0.2, 0.25) is 5.91 Å². The zero-order valence-electron chi connectivity index (χ0n) is 15.1. The number of rotatable bonds is 4. The molecule has 27 heavy (non-hydrogen) atoms. The number of hydrogen-bond acceptors (Lipinski definition) is 4. The Kier molecular flexibility index (Phi) is 5.65. The van der Waals surface area contributed by atoms with Gasteiger partial charge in [-0.1, -0.05) is 12.1 Å². The molecule has 1 fully saturated rings. The average molecular weight is 434 g/mol. The molecule has 0 aliphatic carbocycles. The summed E-state index contributed by atoms with van der Waals surface area (Å²) < 4.78 is 6.10. The standard InChI is InChI=1S/C19H20BrN3O4/c1-11-16(17(20)12(2)27-11)18(25)22-9-13-3-5-14(6-4-13)19(26)23-8-7-21-15(24)10-23/h3-6H,7-10H2,1-2H3,(H,21,24)(H,22,25). The highest BCUT2D eigenvalue weighted by Crippen LogP contribution is 2.27. The maximum absolute atomic E-state index is 12.4. The van der Waals surface area contributed by atoms with Gasteiger partial charge in [0.25, 0.3) is 11.8 Å². The van der Waals surface area contributed by atoms with Gasteiger partial charge in [-0.05, 0) is 47.5 Å². The monoisotopic (exact) mass is 433 g/mol. The maximum atomic E-state index is 12.4. The summed E-state index contributed by atoms with van der Waals surface area (Å²) in [5, 5.41) is 5.55. The number of nitrogens with zero attached hydrogens (tertiary/aromatic N) is 1. The number of halogens is 1. The SMILES string of the molecule is Cc1oc(C)c(C(=O)NCc2ccc(C(=O)N3CCNC(=O)C3)cc2)c1Br. The van der Waals surface area contributed by atoms with Crippen molar-refractivity contribution in [2.75, 3.05) is 19.6 Å². The minimum atomic E-state index is -0.226. The number of amides is 3. The first kappa shape index (κ1) is 19.2. The number of piperazine rings is 1. The number of carbonyl (C=O) groups is 3. The van der Waals surface area contributed by atoms with Crippen molar-refractivity contribution in [2.24, 2.45) is 0 Å². The van der Waals surface area contributed by atoms with Crippen molar-refractivity contribution in [3.05, 3.63) is 56.9 Å². The first-order valence-electron chi connectivity index (χ1n) is 8.55. The highest BCUT2D eigenvalue weighted by Gasteiger charge is 2.22. The second kappa shape index (κ2) is 7.96. The lowest BCUT2D eigenvalue weighted by molar-refractivity contribution is -0.123. The van der Waals surface area contributed by atoms with Crippen LogP contribution in [-0.4, -0.2) is 42.3 Å². The predicted molar refractivity (Wildman–Crippen MR) is 102 cm³/mol.